The lowest BCUT2D eigenvalue weighted by Crippen LogP contribution is -1.92. The molecule has 2 rings (SSSR count). The second kappa shape index (κ2) is 2.33. The summed E-state index contributed by atoms with van der Waals surface area (Å²) in [5, 5.41) is 3.99. The van der Waals surface area contributed by atoms with E-state index in [1.54, 1.807) is 4.52 Å². The summed E-state index contributed by atoms with van der Waals surface area (Å²) in [4.78, 5) is 4.00. The Morgan fingerprint density at radius 2 is 2.27 bits per heavy atom. The molecule has 0 unspecified atom stereocenters. The summed E-state index contributed by atoms with van der Waals surface area (Å²) >= 11 is 2.18. The van der Waals surface area contributed by atoms with E-state index in [4.69, 9.17) is 5.73 Å². The number of pyridine rings is 1. The highest BCUT2D eigenvalue weighted by Gasteiger charge is 2.00. The van der Waals surface area contributed by atoms with E-state index in [0.29, 0.717) is 5.95 Å². The average molecular weight is 260 g/mol. The highest BCUT2D eigenvalue weighted by atomic mass is 127. The molecule has 11 heavy (non-hydrogen) atoms. The fourth-order valence-electron chi connectivity index (χ4n) is 0.890. The van der Waals surface area contributed by atoms with E-state index in [0.717, 1.165) is 9.35 Å². The van der Waals surface area contributed by atoms with Crippen molar-refractivity contribution in [1.82, 2.24) is 14.6 Å². The van der Waals surface area contributed by atoms with Crippen LogP contribution in [0.3, 0.4) is 0 Å². The number of nitrogens with zero attached hydrogens (tertiary/aromatic N) is 3. The van der Waals surface area contributed by atoms with Gasteiger partial charge < -0.3 is 5.73 Å². The van der Waals surface area contributed by atoms with Crippen molar-refractivity contribution in [2.45, 2.75) is 0 Å². The van der Waals surface area contributed by atoms with Gasteiger partial charge in [-0.05, 0) is 34.7 Å². The molecule has 2 heterocycles. The molecule has 0 amide bonds. The van der Waals surface area contributed by atoms with Crippen LogP contribution < -0.4 is 5.73 Å². The third-order valence-electron chi connectivity index (χ3n) is 1.33. The molecule has 5 heteroatoms. The van der Waals surface area contributed by atoms with E-state index >= 15 is 0 Å². The van der Waals surface area contributed by atoms with Gasteiger partial charge in [-0.3, -0.25) is 0 Å². The van der Waals surface area contributed by atoms with Crippen LogP contribution in [0.15, 0.2) is 18.2 Å². The van der Waals surface area contributed by atoms with Gasteiger partial charge in [0.05, 0.1) is 0 Å². The molecule has 0 saturated heterocycles. The first-order valence-corrected chi connectivity index (χ1v) is 4.12. The predicted octanol–water partition coefficient (Wildman–Crippen LogP) is 0.916. The largest absolute Gasteiger partial charge is 0.366 e. The van der Waals surface area contributed by atoms with Crippen molar-refractivity contribution in [1.29, 1.82) is 0 Å². The molecule has 0 bridgehead atoms. The fraction of sp³-hybridized carbons (Fsp3) is 0. The van der Waals surface area contributed by atoms with Crippen LogP contribution in [0.4, 0.5) is 5.95 Å². The molecule has 4 nitrogen and oxygen atoms in total. The standard InChI is InChI=1S/C6H5IN4/c7-4-2-1-3-5-9-6(8)10-11(4)5/h1-3H,(H2,8,10). The molecule has 2 N–H and O–H groups in total. The molecule has 0 fully saturated rings. The number of aromatic nitrogens is 3. The Kier molecular flexibility index (Phi) is 1.45. The number of nitrogens with two attached hydrogens (primary N) is 1. The van der Waals surface area contributed by atoms with E-state index in [1.807, 2.05) is 18.2 Å². The SMILES string of the molecule is Nc1nc2cccc(I)n2n1. The van der Waals surface area contributed by atoms with Crippen molar-refractivity contribution in [2.75, 3.05) is 5.73 Å². The molecule has 0 radical (unpaired) electrons. The van der Waals surface area contributed by atoms with E-state index in [2.05, 4.69) is 32.7 Å². The van der Waals surface area contributed by atoms with E-state index in [1.165, 1.54) is 0 Å². The predicted molar refractivity (Wildman–Crippen MR) is 50.1 cm³/mol. The van der Waals surface area contributed by atoms with E-state index in [9.17, 15) is 0 Å². The Bertz CT molecular complexity index is 394. The molecule has 0 aromatic carbocycles. The third kappa shape index (κ3) is 1.05. The lowest BCUT2D eigenvalue weighted by atomic mass is 10.5. The number of anilines is 1. The second-order valence-corrected chi connectivity index (χ2v) is 3.19. The van der Waals surface area contributed by atoms with Crippen molar-refractivity contribution in [3.05, 3.63) is 21.9 Å². The van der Waals surface area contributed by atoms with Crippen LogP contribution in [0.1, 0.15) is 0 Å². The Morgan fingerprint density at radius 1 is 1.45 bits per heavy atom. The van der Waals surface area contributed by atoms with Crippen LogP contribution in [-0.4, -0.2) is 14.6 Å². The Labute approximate surface area is 76.6 Å². The minimum Gasteiger partial charge on any atom is -0.366 e. The zero-order valence-corrected chi connectivity index (χ0v) is 7.69. The van der Waals surface area contributed by atoms with Crippen molar-refractivity contribution in [3.8, 4) is 0 Å². The quantitative estimate of drug-likeness (QED) is 0.566. The van der Waals surface area contributed by atoms with Gasteiger partial charge in [0.15, 0.2) is 5.65 Å². The normalized spacial score (nSPS) is 10.6. The minimum atomic E-state index is 0.314. The van der Waals surface area contributed by atoms with Gasteiger partial charge in [0.1, 0.15) is 3.70 Å². The van der Waals surface area contributed by atoms with Crippen molar-refractivity contribution in [2.24, 2.45) is 0 Å². The molecule has 2 aromatic heterocycles. The Morgan fingerprint density at radius 3 is 3.00 bits per heavy atom. The number of nitrogen functional groups attached to an aromatic ring is 1. The number of hydrogen-bond donors (Lipinski definition) is 1. The smallest absolute Gasteiger partial charge is 0.240 e. The van der Waals surface area contributed by atoms with Gasteiger partial charge in [0.2, 0.25) is 5.95 Å². The molecular weight excluding hydrogens is 255 g/mol. The van der Waals surface area contributed by atoms with Gasteiger partial charge in [0.25, 0.3) is 0 Å². The van der Waals surface area contributed by atoms with Gasteiger partial charge in [-0.15, -0.1) is 5.10 Å². The van der Waals surface area contributed by atoms with Crippen LogP contribution in [0.2, 0.25) is 0 Å². The summed E-state index contributed by atoms with van der Waals surface area (Å²) in [6.45, 7) is 0. The maximum atomic E-state index is 5.41. The summed E-state index contributed by atoms with van der Waals surface area (Å²) in [6, 6.07) is 5.73. The maximum Gasteiger partial charge on any atom is 0.240 e. The lowest BCUT2D eigenvalue weighted by Gasteiger charge is -1.91. The molecule has 0 aliphatic carbocycles. The lowest BCUT2D eigenvalue weighted by molar-refractivity contribution is 0.939. The van der Waals surface area contributed by atoms with Crippen LogP contribution in [0, 0.1) is 3.70 Å². The van der Waals surface area contributed by atoms with Gasteiger partial charge in [-0.1, -0.05) is 6.07 Å². The Balaban J connectivity index is 2.90. The van der Waals surface area contributed by atoms with Crippen molar-refractivity contribution >= 4 is 34.2 Å². The molecule has 0 aliphatic rings. The summed E-state index contributed by atoms with van der Waals surface area (Å²) in [5.74, 6) is 0.314. The summed E-state index contributed by atoms with van der Waals surface area (Å²) in [7, 11) is 0. The van der Waals surface area contributed by atoms with Gasteiger partial charge in [-0.25, -0.2) is 4.52 Å². The first kappa shape index (κ1) is 6.84. The minimum absolute atomic E-state index is 0.314. The third-order valence-corrected chi connectivity index (χ3v) is 2.15. The summed E-state index contributed by atoms with van der Waals surface area (Å²) < 4.78 is 2.71. The molecule has 0 saturated carbocycles. The van der Waals surface area contributed by atoms with Gasteiger partial charge >= 0.3 is 0 Å². The Hall–Kier alpha value is -0.850. The molecule has 0 spiro atoms. The first-order chi connectivity index (χ1) is 5.27. The summed E-state index contributed by atoms with van der Waals surface area (Å²) in [5.41, 5.74) is 6.20. The molecular formula is C6H5IN4. The topological polar surface area (TPSA) is 56.2 Å². The first-order valence-electron chi connectivity index (χ1n) is 3.04. The van der Waals surface area contributed by atoms with Crippen LogP contribution in [0.5, 0.6) is 0 Å². The number of fused-ring (bicyclic) bond motifs is 1. The highest BCUT2D eigenvalue weighted by Crippen LogP contribution is 2.08. The highest BCUT2D eigenvalue weighted by molar-refractivity contribution is 14.1. The van der Waals surface area contributed by atoms with E-state index < -0.39 is 0 Å². The average Bonchev–Trinajstić information content (AvgIpc) is 2.31. The number of hydrogen-bond acceptors (Lipinski definition) is 3. The van der Waals surface area contributed by atoms with Crippen LogP contribution in [0.25, 0.3) is 5.65 Å². The van der Waals surface area contributed by atoms with Gasteiger partial charge in [0, 0.05) is 0 Å². The van der Waals surface area contributed by atoms with E-state index in [-0.39, 0.29) is 0 Å². The molecule has 2 aromatic rings. The molecule has 56 valence electrons. The monoisotopic (exact) mass is 260 g/mol. The summed E-state index contributed by atoms with van der Waals surface area (Å²) in [6.07, 6.45) is 0. The zero-order chi connectivity index (χ0) is 7.84. The molecule has 0 aliphatic heterocycles. The van der Waals surface area contributed by atoms with Crippen LogP contribution >= 0.6 is 22.6 Å². The van der Waals surface area contributed by atoms with Crippen molar-refractivity contribution in [3.63, 3.8) is 0 Å². The number of halogens is 1. The second-order valence-electron chi connectivity index (χ2n) is 2.09. The molecule has 0 atom stereocenters. The fourth-order valence-corrected chi connectivity index (χ4v) is 1.45. The zero-order valence-electron chi connectivity index (χ0n) is 5.53. The van der Waals surface area contributed by atoms with Crippen molar-refractivity contribution < 1.29 is 0 Å². The number of rotatable bonds is 0. The van der Waals surface area contributed by atoms with Gasteiger partial charge in [-0.2, -0.15) is 4.98 Å². The maximum absolute atomic E-state index is 5.41. The van der Waals surface area contributed by atoms with Crippen LogP contribution in [-0.2, 0) is 0 Å².